The molecule has 4 heterocycles. The molecule has 5 N–H and O–H groups in total. The number of ether oxygens (including phenoxy) is 4. The Morgan fingerprint density at radius 1 is 0.532 bits per heavy atom. The van der Waals surface area contributed by atoms with Crippen molar-refractivity contribution in [2.45, 2.75) is 74.5 Å². The minimum Gasteiger partial charge on any atom is -0.373 e. The van der Waals surface area contributed by atoms with E-state index in [1.807, 2.05) is 0 Å². The van der Waals surface area contributed by atoms with Crippen molar-refractivity contribution in [2.75, 3.05) is 52.9 Å². The molecule has 5 unspecified atom stereocenters. The van der Waals surface area contributed by atoms with Crippen molar-refractivity contribution >= 4 is 40.0 Å². The van der Waals surface area contributed by atoms with Crippen LogP contribution in [0.1, 0.15) is 25.7 Å². The van der Waals surface area contributed by atoms with Gasteiger partial charge in [0.05, 0.1) is 32.5 Å². The second-order valence-electron chi connectivity index (χ2n) is 10.5. The van der Waals surface area contributed by atoms with E-state index in [0.717, 1.165) is 0 Å². The maximum Gasteiger partial charge on any atom is 0.472 e. The maximum atomic E-state index is 12.7. The Hall–Kier alpha value is 0.470. The smallest absolute Gasteiger partial charge is 0.373 e. The van der Waals surface area contributed by atoms with Gasteiger partial charge in [0, 0.05) is 52.1 Å². The topological polar surface area (TPSA) is 297 Å². The van der Waals surface area contributed by atoms with Gasteiger partial charge in [0.25, 0.3) is 0 Å². The summed E-state index contributed by atoms with van der Waals surface area (Å²) in [5.41, 5.74) is 0. The molecule has 4 saturated heterocycles. The molecule has 276 valence electrons. The molecule has 4 aliphatic heterocycles. The van der Waals surface area contributed by atoms with Gasteiger partial charge >= 0.3 is 40.0 Å². The van der Waals surface area contributed by atoms with Crippen LogP contribution in [0, 0.1) is 0 Å². The summed E-state index contributed by atoms with van der Waals surface area (Å²) in [4.78, 5) is 48.5. The summed E-state index contributed by atoms with van der Waals surface area (Å²) < 4.78 is 121. The van der Waals surface area contributed by atoms with Crippen LogP contribution in [-0.4, -0.2) is 126 Å². The quantitative estimate of drug-likeness (QED) is 0.107. The molecule has 0 aliphatic carbocycles. The highest BCUT2D eigenvalue weighted by atomic mass is 31.2. The van der Waals surface area contributed by atoms with Crippen molar-refractivity contribution in [2.24, 2.45) is 0 Å². The Kier molecular flexibility index (Phi) is 15.7. The van der Waals surface area contributed by atoms with E-state index in [-0.39, 0.29) is 58.7 Å². The van der Waals surface area contributed by atoms with E-state index in [9.17, 15) is 37.5 Å². The molecular weight excluding hydrogens is 747 g/mol. The molecule has 22 nitrogen and oxygen atoms in total. The Morgan fingerprint density at radius 2 is 0.851 bits per heavy atom. The molecule has 4 rings (SSSR count). The van der Waals surface area contributed by atoms with Gasteiger partial charge in [0.15, 0.2) is 0 Å². The van der Waals surface area contributed by atoms with Crippen LogP contribution in [0.25, 0.3) is 0 Å². The zero-order chi connectivity index (χ0) is 34.2. The lowest BCUT2D eigenvalue weighted by Gasteiger charge is -2.25. The molecule has 0 saturated carbocycles. The van der Waals surface area contributed by atoms with Gasteiger partial charge in [0.2, 0.25) is 0 Å². The Bertz CT molecular complexity index is 1210. The van der Waals surface area contributed by atoms with E-state index < -0.39 is 109 Å². The van der Waals surface area contributed by atoms with Crippen molar-refractivity contribution < 1.29 is 102 Å². The summed E-state index contributed by atoms with van der Waals surface area (Å²) in [6.45, 7) is -1.56. The van der Waals surface area contributed by atoms with E-state index >= 15 is 0 Å². The van der Waals surface area contributed by atoms with E-state index in [0.29, 0.717) is 0 Å². The minimum atomic E-state index is -4.81. The van der Waals surface area contributed by atoms with E-state index in [4.69, 9.17) is 60.4 Å². The van der Waals surface area contributed by atoms with Crippen LogP contribution in [0.2, 0.25) is 0 Å². The highest BCUT2D eigenvalue weighted by Gasteiger charge is 2.43. The highest BCUT2D eigenvalue weighted by Crippen LogP contribution is 2.51. The predicted octanol–water partition coefficient (Wildman–Crippen LogP) is 0.814. The fourth-order valence-electron chi connectivity index (χ4n) is 5.02. The Balaban J connectivity index is 1.20. The standard InChI is InChI=1S/C20H39O22P5/c21-43(22)35-9-17-14(2-6-31-17)40-46(27,28)37-11-19-16(4-8-33-19)42-47(29,30)38-12-20-15(3-7-34-20)41-45(25,26)36-10-18-13(1-5-32-18)39-44(23)24/h13-20,43-44H,1-12H2,(H,21,22)(H,23,24)(H,25,26)(H,27,28)(H,29,30)/t13-,14-,15-,16-,17+,18+,19+,20+/m0/s1. The van der Waals surface area contributed by atoms with E-state index in [1.165, 1.54) is 0 Å². The number of hydrogen-bond acceptors (Lipinski definition) is 17. The first-order chi connectivity index (χ1) is 22.1. The number of phosphoric acid groups is 3. The van der Waals surface area contributed by atoms with Crippen molar-refractivity contribution in [1.29, 1.82) is 0 Å². The van der Waals surface area contributed by atoms with Crippen molar-refractivity contribution in [3.05, 3.63) is 0 Å². The summed E-state index contributed by atoms with van der Waals surface area (Å²) in [5.74, 6) is 0. The molecule has 0 amide bonds. The lowest BCUT2D eigenvalue weighted by molar-refractivity contribution is -0.0285. The molecule has 0 aromatic rings. The third-order valence-electron chi connectivity index (χ3n) is 7.23. The van der Waals surface area contributed by atoms with Crippen molar-refractivity contribution in [3.8, 4) is 0 Å². The molecule has 4 aliphatic rings. The van der Waals surface area contributed by atoms with Crippen LogP contribution in [0.15, 0.2) is 0 Å². The first-order valence-corrected chi connectivity index (χ1v) is 21.3. The van der Waals surface area contributed by atoms with Gasteiger partial charge < -0.3 is 52.5 Å². The van der Waals surface area contributed by atoms with Crippen LogP contribution in [0.4, 0.5) is 0 Å². The zero-order valence-electron chi connectivity index (χ0n) is 24.6. The lowest BCUT2D eigenvalue weighted by atomic mass is 10.2. The van der Waals surface area contributed by atoms with Gasteiger partial charge in [-0.2, -0.15) is 0 Å². The van der Waals surface area contributed by atoms with Crippen LogP contribution < -0.4 is 0 Å². The summed E-state index contributed by atoms with van der Waals surface area (Å²) >= 11 is 0. The fraction of sp³-hybridized carbons (Fsp3) is 1.00. The fourth-order valence-corrected chi connectivity index (χ4v) is 8.80. The van der Waals surface area contributed by atoms with E-state index in [2.05, 4.69) is 4.52 Å². The minimum absolute atomic E-state index is 0.0522. The molecule has 0 radical (unpaired) electrons. The first kappa shape index (κ1) is 40.2. The Labute approximate surface area is 269 Å². The van der Waals surface area contributed by atoms with Crippen LogP contribution in [0.5, 0.6) is 0 Å². The molecule has 0 aromatic carbocycles. The number of phosphoric ester groups is 3. The van der Waals surface area contributed by atoms with Crippen molar-refractivity contribution in [3.63, 3.8) is 0 Å². The van der Waals surface area contributed by atoms with Gasteiger partial charge in [-0.1, -0.05) is 0 Å². The predicted molar refractivity (Wildman–Crippen MR) is 153 cm³/mol. The SMILES string of the molecule is O=[PH](O)OC[C@H]1OCC[C@@H]1OP(=O)(O)OC[C@H]1OCC[C@@H]1OP(=O)(O)OC[C@H]1OCC[C@@H]1OP(=O)(O)OC[C@H]1OCC[C@@H]1O[PH](=O)O. The summed E-state index contributed by atoms with van der Waals surface area (Å²) in [6.07, 6.45) is -7.24. The third kappa shape index (κ3) is 13.5. The van der Waals surface area contributed by atoms with Gasteiger partial charge in [0.1, 0.15) is 42.7 Å². The monoisotopic (exact) mass is 786 g/mol. The van der Waals surface area contributed by atoms with E-state index in [1.54, 1.807) is 0 Å². The summed E-state index contributed by atoms with van der Waals surface area (Å²) in [5, 5.41) is 0. The number of hydrogen-bond donors (Lipinski definition) is 5. The average molecular weight is 786 g/mol. The largest absolute Gasteiger partial charge is 0.472 e. The van der Waals surface area contributed by atoms with Crippen molar-refractivity contribution in [1.82, 2.24) is 0 Å². The van der Waals surface area contributed by atoms with Gasteiger partial charge in [-0.05, 0) is 0 Å². The molecule has 13 atom stereocenters. The second-order valence-corrected chi connectivity index (χ2v) is 16.3. The highest BCUT2D eigenvalue weighted by molar-refractivity contribution is 7.48. The third-order valence-corrected chi connectivity index (χ3v) is 11.2. The van der Waals surface area contributed by atoms with Gasteiger partial charge in [-0.25, -0.2) is 13.7 Å². The summed E-state index contributed by atoms with van der Waals surface area (Å²) in [6, 6.07) is 0. The maximum absolute atomic E-state index is 12.7. The molecule has 0 aromatic heterocycles. The normalized spacial score (nSPS) is 36.5. The number of rotatable bonds is 20. The molecule has 0 spiro atoms. The molecule has 47 heavy (non-hydrogen) atoms. The second kappa shape index (κ2) is 18.3. The van der Waals surface area contributed by atoms with Gasteiger partial charge in [-0.15, -0.1) is 0 Å². The van der Waals surface area contributed by atoms with Crippen LogP contribution in [-0.2, 0) is 78.0 Å². The average Bonchev–Trinajstić information content (AvgIpc) is 3.78. The Morgan fingerprint density at radius 3 is 1.19 bits per heavy atom. The molecule has 4 fully saturated rings. The summed E-state index contributed by atoms with van der Waals surface area (Å²) in [7, 11) is -20.8. The van der Waals surface area contributed by atoms with Crippen LogP contribution >= 0.6 is 40.0 Å². The van der Waals surface area contributed by atoms with Gasteiger partial charge in [-0.3, -0.25) is 36.3 Å². The molecule has 0 bridgehead atoms. The van der Waals surface area contributed by atoms with Crippen LogP contribution in [0.3, 0.4) is 0 Å². The lowest BCUT2D eigenvalue weighted by Crippen LogP contribution is -2.31. The molecular formula is C20H39O22P5. The molecule has 27 heteroatoms. The first-order valence-electron chi connectivity index (χ1n) is 14.3. The zero-order valence-corrected chi connectivity index (χ0v) is 29.3.